The number of rotatable bonds is 5. The minimum absolute atomic E-state index is 0.137. The minimum atomic E-state index is -0.827. The van der Waals surface area contributed by atoms with Gasteiger partial charge in [-0.15, -0.1) is 11.8 Å². The molecule has 0 spiro atoms. The predicted molar refractivity (Wildman–Crippen MR) is 95.8 cm³/mol. The number of carbonyl (C=O) groups is 1. The highest BCUT2D eigenvalue weighted by Crippen LogP contribution is 2.25. The fraction of sp³-hybridized carbons (Fsp3) is 0.333. The van der Waals surface area contributed by atoms with E-state index in [1.54, 1.807) is 18.0 Å². The number of aromatic nitrogens is 1. The number of carbonyl (C=O) groups excluding carboxylic acids is 1. The van der Waals surface area contributed by atoms with Crippen LogP contribution in [0.1, 0.15) is 18.4 Å². The third-order valence-corrected chi connectivity index (χ3v) is 5.16. The molecule has 1 amide bonds. The van der Waals surface area contributed by atoms with E-state index < -0.39 is 5.54 Å². The second-order valence-electron chi connectivity index (χ2n) is 5.90. The topological polar surface area (TPSA) is 77.2 Å². The van der Waals surface area contributed by atoms with Gasteiger partial charge in [0.2, 0.25) is 5.91 Å². The third-order valence-electron chi connectivity index (χ3n) is 4.08. The lowest BCUT2D eigenvalue weighted by atomic mass is 9.90. The molecule has 1 aliphatic rings. The summed E-state index contributed by atoms with van der Waals surface area (Å²) in [6.07, 6.45) is 4.75. The van der Waals surface area contributed by atoms with Crippen molar-refractivity contribution in [3.05, 3.63) is 54.4 Å². The fourth-order valence-corrected chi connectivity index (χ4v) is 3.34. The highest BCUT2D eigenvalue weighted by molar-refractivity contribution is 7.98. The molecular weight excluding hydrogens is 322 g/mol. The molecule has 1 aromatic carbocycles. The van der Waals surface area contributed by atoms with Crippen molar-refractivity contribution < 1.29 is 9.53 Å². The van der Waals surface area contributed by atoms with Crippen molar-refractivity contribution >= 4 is 23.4 Å². The fourth-order valence-electron chi connectivity index (χ4n) is 2.50. The Balaban J connectivity index is 1.55. The molecule has 5 nitrogen and oxygen atoms in total. The predicted octanol–water partition coefficient (Wildman–Crippen LogP) is 2.82. The van der Waals surface area contributed by atoms with Crippen LogP contribution in [0.3, 0.4) is 0 Å². The molecule has 2 heterocycles. The lowest BCUT2D eigenvalue weighted by molar-refractivity contribution is -0.124. The van der Waals surface area contributed by atoms with Crippen LogP contribution in [0.25, 0.3) is 0 Å². The molecule has 3 rings (SSSR count). The Kier molecular flexibility index (Phi) is 5.50. The molecule has 2 aromatic rings. The van der Waals surface area contributed by atoms with Crippen LogP contribution in [-0.4, -0.2) is 29.6 Å². The molecule has 1 aromatic heterocycles. The van der Waals surface area contributed by atoms with E-state index in [1.165, 1.54) is 5.56 Å². The van der Waals surface area contributed by atoms with Crippen molar-refractivity contribution in [1.29, 1.82) is 0 Å². The second kappa shape index (κ2) is 7.79. The van der Waals surface area contributed by atoms with E-state index in [2.05, 4.69) is 16.4 Å². The molecule has 0 bridgehead atoms. The van der Waals surface area contributed by atoms with Crippen molar-refractivity contribution in [2.24, 2.45) is 5.73 Å². The number of ether oxygens (including phenoxy) is 1. The number of nitrogens with zero attached hydrogens (tertiary/aromatic N) is 1. The molecule has 24 heavy (non-hydrogen) atoms. The Morgan fingerprint density at radius 2 is 2.00 bits per heavy atom. The first-order valence-corrected chi connectivity index (χ1v) is 8.94. The zero-order chi connectivity index (χ0) is 16.8. The number of benzene rings is 1. The van der Waals surface area contributed by atoms with E-state index in [0.29, 0.717) is 26.1 Å². The first-order chi connectivity index (χ1) is 11.7. The largest absolute Gasteiger partial charge is 0.381 e. The lowest BCUT2D eigenvalue weighted by Crippen LogP contribution is -2.54. The molecule has 0 aliphatic carbocycles. The summed E-state index contributed by atoms with van der Waals surface area (Å²) >= 11 is 1.73. The van der Waals surface area contributed by atoms with Gasteiger partial charge in [-0.2, -0.15) is 0 Å². The van der Waals surface area contributed by atoms with Crippen molar-refractivity contribution in [1.82, 2.24) is 4.98 Å². The SMILES string of the molecule is NC1(C(=O)Nc2ccc(SCc3cccnc3)cc2)CCOCC1. The molecule has 0 unspecified atom stereocenters. The number of amides is 1. The number of pyridine rings is 1. The van der Waals surface area contributed by atoms with Gasteiger partial charge < -0.3 is 15.8 Å². The molecule has 126 valence electrons. The smallest absolute Gasteiger partial charge is 0.244 e. The quantitative estimate of drug-likeness (QED) is 0.816. The van der Waals surface area contributed by atoms with Crippen molar-refractivity contribution in [3.63, 3.8) is 0 Å². The summed E-state index contributed by atoms with van der Waals surface area (Å²) in [5.74, 6) is 0.729. The van der Waals surface area contributed by atoms with Crippen LogP contribution in [-0.2, 0) is 15.3 Å². The minimum Gasteiger partial charge on any atom is -0.381 e. The van der Waals surface area contributed by atoms with E-state index in [4.69, 9.17) is 10.5 Å². The van der Waals surface area contributed by atoms with Crippen molar-refractivity contribution in [2.75, 3.05) is 18.5 Å². The summed E-state index contributed by atoms with van der Waals surface area (Å²) in [6.45, 7) is 1.07. The Morgan fingerprint density at radius 3 is 2.67 bits per heavy atom. The maximum atomic E-state index is 12.4. The first kappa shape index (κ1) is 17.0. The van der Waals surface area contributed by atoms with Crippen LogP contribution in [0.2, 0.25) is 0 Å². The van der Waals surface area contributed by atoms with E-state index in [9.17, 15) is 4.79 Å². The van der Waals surface area contributed by atoms with Gasteiger partial charge in [0.05, 0.1) is 0 Å². The standard InChI is InChI=1S/C18H21N3O2S/c19-18(7-10-23-11-8-18)17(22)21-15-3-5-16(6-4-15)24-13-14-2-1-9-20-12-14/h1-6,9,12H,7-8,10-11,13,19H2,(H,21,22). The summed E-state index contributed by atoms with van der Waals surface area (Å²) in [6, 6.07) is 11.8. The maximum absolute atomic E-state index is 12.4. The highest BCUT2D eigenvalue weighted by Gasteiger charge is 2.35. The normalized spacial score (nSPS) is 16.5. The number of nitrogens with one attached hydrogen (secondary N) is 1. The van der Waals surface area contributed by atoms with Crippen LogP contribution in [0, 0.1) is 0 Å². The zero-order valence-corrected chi connectivity index (χ0v) is 14.2. The van der Waals surface area contributed by atoms with Crippen LogP contribution in [0.15, 0.2) is 53.7 Å². The van der Waals surface area contributed by atoms with Crippen LogP contribution < -0.4 is 11.1 Å². The number of hydrogen-bond acceptors (Lipinski definition) is 5. The molecule has 0 radical (unpaired) electrons. The average Bonchev–Trinajstić information content (AvgIpc) is 2.62. The monoisotopic (exact) mass is 343 g/mol. The van der Waals surface area contributed by atoms with Gasteiger partial charge >= 0.3 is 0 Å². The zero-order valence-electron chi connectivity index (χ0n) is 13.4. The van der Waals surface area contributed by atoms with E-state index in [-0.39, 0.29) is 5.91 Å². The van der Waals surface area contributed by atoms with Gasteiger partial charge in [0.15, 0.2) is 0 Å². The summed E-state index contributed by atoms with van der Waals surface area (Å²) in [4.78, 5) is 17.6. The van der Waals surface area contributed by atoms with Gasteiger partial charge in [-0.3, -0.25) is 9.78 Å². The summed E-state index contributed by atoms with van der Waals surface area (Å²) < 4.78 is 5.28. The highest BCUT2D eigenvalue weighted by atomic mass is 32.2. The lowest BCUT2D eigenvalue weighted by Gasteiger charge is -2.31. The van der Waals surface area contributed by atoms with Gasteiger partial charge in [-0.1, -0.05) is 6.07 Å². The van der Waals surface area contributed by atoms with Gasteiger partial charge in [0, 0.05) is 41.9 Å². The van der Waals surface area contributed by atoms with Crippen LogP contribution in [0.4, 0.5) is 5.69 Å². The van der Waals surface area contributed by atoms with Gasteiger partial charge in [-0.25, -0.2) is 0 Å². The Labute approximate surface area is 146 Å². The van der Waals surface area contributed by atoms with Gasteiger partial charge in [-0.05, 0) is 48.7 Å². The Bertz CT molecular complexity index is 670. The number of hydrogen-bond donors (Lipinski definition) is 2. The molecule has 0 atom stereocenters. The van der Waals surface area contributed by atoms with Gasteiger partial charge in [0.25, 0.3) is 0 Å². The van der Waals surface area contributed by atoms with Crippen LogP contribution in [0.5, 0.6) is 0 Å². The second-order valence-corrected chi connectivity index (χ2v) is 6.95. The maximum Gasteiger partial charge on any atom is 0.244 e. The average molecular weight is 343 g/mol. The molecular formula is C18H21N3O2S. The van der Waals surface area contributed by atoms with E-state index >= 15 is 0 Å². The van der Waals surface area contributed by atoms with Crippen molar-refractivity contribution in [3.8, 4) is 0 Å². The van der Waals surface area contributed by atoms with Crippen molar-refractivity contribution in [2.45, 2.75) is 29.0 Å². The Morgan fingerprint density at radius 1 is 1.25 bits per heavy atom. The van der Waals surface area contributed by atoms with Crippen LogP contribution >= 0.6 is 11.8 Å². The molecule has 0 saturated carbocycles. The first-order valence-electron chi connectivity index (χ1n) is 7.96. The van der Waals surface area contributed by atoms with E-state index in [0.717, 1.165) is 16.3 Å². The third kappa shape index (κ3) is 4.35. The molecule has 1 saturated heterocycles. The summed E-state index contributed by atoms with van der Waals surface area (Å²) in [5.41, 5.74) is 7.31. The number of anilines is 1. The molecule has 3 N–H and O–H groups in total. The summed E-state index contributed by atoms with van der Waals surface area (Å²) in [5, 5.41) is 2.91. The molecule has 6 heteroatoms. The van der Waals surface area contributed by atoms with E-state index in [1.807, 2.05) is 36.5 Å². The molecule has 1 fully saturated rings. The Hall–Kier alpha value is -1.89. The molecule has 1 aliphatic heterocycles. The number of thioether (sulfide) groups is 1. The number of nitrogens with two attached hydrogens (primary N) is 1. The summed E-state index contributed by atoms with van der Waals surface area (Å²) in [7, 11) is 0. The van der Waals surface area contributed by atoms with Gasteiger partial charge in [0.1, 0.15) is 5.54 Å².